The van der Waals surface area contributed by atoms with Gasteiger partial charge in [-0.25, -0.2) is 0 Å². The summed E-state index contributed by atoms with van der Waals surface area (Å²) in [7, 11) is 0. The van der Waals surface area contributed by atoms with Crippen molar-refractivity contribution < 1.29 is 14.3 Å². The maximum Gasteiger partial charge on any atom is 0.260 e. The first-order chi connectivity index (χ1) is 12.9. The van der Waals surface area contributed by atoms with Crippen LogP contribution in [0.4, 0.5) is 0 Å². The molecule has 0 saturated carbocycles. The molecule has 0 N–H and O–H groups in total. The molecule has 27 heavy (non-hydrogen) atoms. The minimum atomic E-state index is 0.00549. The standard InChI is InChI=1S/C22H32N2O3/c1-16-6-10-24(11-7-16)22(26)19-8-12-23(13-9-19)21(25)15-27-20-5-4-17(2)18(3)14-20/h4-5,14,16,19H,6-13,15H2,1-3H3. The maximum absolute atomic E-state index is 12.7. The summed E-state index contributed by atoms with van der Waals surface area (Å²) < 4.78 is 5.67. The van der Waals surface area contributed by atoms with Crippen molar-refractivity contribution in [3.63, 3.8) is 0 Å². The molecule has 0 spiro atoms. The number of ether oxygens (including phenoxy) is 1. The van der Waals surface area contributed by atoms with Gasteiger partial charge in [0.1, 0.15) is 5.75 Å². The summed E-state index contributed by atoms with van der Waals surface area (Å²) in [5, 5.41) is 0. The van der Waals surface area contributed by atoms with Crippen molar-refractivity contribution in [2.75, 3.05) is 32.8 Å². The van der Waals surface area contributed by atoms with E-state index in [0.717, 1.165) is 56.0 Å². The fourth-order valence-corrected chi connectivity index (χ4v) is 3.90. The molecule has 2 amide bonds. The van der Waals surface area contributed by atoms with E-state index in [4.69, 9.17) is 4.74 Å². The van der Waals surface area contributed by atoms with Crippen LogP contribution in [-0.4, -0.2) is 54.4 Å². The molecule has 2 fully saturated rings. The molecule has 0 aliphatic carbocycles. The van der Waals surface area contributed by atoms with Gasteiger partial charge in [-0.2, -0.15) is 0 Å². The van der Waals surface area contributed by atoms with E-state index in [1.807, 2.05) is 34.9 Å². The van der Waals surface area contributed by atoms with Crippen LogP contribution in [0.25, 0.3) is 0 Å². The Bertz CT molecular complexity index is 672. The van der Waals surface area contributed by atoms with E-state index in [2.05, 4.69) is 13.8 Å². The van der Waals surface area contributed by atoms with Crippen LogP contribution < -0.4 is 4.74 Å². The van der Waals surface area contributed by atoms with Gasteiger partial charge in [0.25, 0.3) is 5.91 Å². The molecule has 2 aliphatic rings. The number of carbonyl (C=O) groups excluding carboxylic acids is 2. The van der Waals surface area contributed by atoms with Crippen LogP contribution in [0, 0.1) is 25.7 Å². The Hall–Kier alpha value is -2.04. The summed E-state index contributed by atoms with van der Waals surface area (Å²) in [6.45, 7) is 9.49. The van der Waals surface area contributed by atoms with Crippen molar-refractivity contribution in [1.29, 1.82) is 0 Å². The molecule has 0 bridgehead atoms. The third-order valence-electron chi connectivity index (χ3n) is 6.13. The average Bonchev–Trinajstić information content (AvgIpc) is 2.69. The number of amides is 2. The van der Waals surface area contributed by atoms with E-state index in [-0.39, 0.29) is 18.4 Å². The highest BCUT2D eigenvalue weighted by Crippen LogP contribution is 2.24. The smallest absolute Gasteiger partial charge is 0.260 e. The lowest BCUT2D eigenvalue weighted by molar-refractivity contribution is -0.142. The van der Waals surface area contributed by atoms with Crippen molar-refractivity contribution >= 4 is 11.8 Å². The Labute approximate surface area is 162 Å². The Kier molecular flexibility index (Phi) is 6.40. The summed E-state index contributed by atoms with van der Waals surface area (Å²) in [5.41, 5.74) is 2.37. The van der Waals surface area contributed by atoms with Gasteiger partial charge in [0, 0.05) is 32.1 Å². The van der Waals surface area contributed by atoms with E-state index >= 15 is 0 Å². The number of piperidine rings is 2. The van der Waals surface area contributed by atoms with Gasteiger partial charge in [0.2, 0.25) is 5.91 Å². The predicted octanol–water partition coefficient (Wildman–Crippen LogP) is 3.18. The van der Waals surface area contributed by atoms with Crippen LogP contribution >= 0.6 is 0 Å². The molecule has 1 aromatic rings. The van der Waals surface area contributed by atoms with Crippen molar-refractivity contribution in [2.24, 2.45) is 11.8 Å². The van der Waals surface area contributed by atoms with Crippen LogP contribution in [-0.2, 0) is 9.59 Å². The maximum atomic E-state index is 12.7. The molecule has 0 radical (unpaired) electrons. The molecule has 2 saturated heterocycles. The largest absolute Gasteiger partial charge is 0.484 e. The van der Waals surface area contributed by atoms with Gasteiger partial charge < -0.3 is 14.5 Å². The summed E-state index contributed by atoms with van der Waals surface area (Å²) in [6.07, 6.45) is 3.75. The van der Waals surface area contributed by atoms with Crippen LogP contribution in [0.5, 0.6) is 5.75 Å². The number of likely N-dealkylation sites (tertiary alicyclic amines) is 2. The second kappa shape index (κ2) is 8.77. The second-order valence-corrected chi connectivity index (χ2v) is 8.20. The zero-order valence-corrected chi connectivity index (χ0v) is 16.9. The monoisotopic (exact) mass is 372 g/mol. The number of aryl methyl sites for hydroxylation is 2. The lowest BCUT2D eigenvalue weighted by Gasteiger charge is -2.36. The second-order valence-electron chi connectivity index (χ2n) is 8.20. The van der Waals surface area contributed by atoms with Crippen LogP contribution in [0.15, 0.2) is 18.2 Å². The van der Waals surface area contributed by atoms with Gasteiger partial charge >= 0.3 is 0 Å². The molecule has 1 aromatic carbocycles. The van der Waals surface area contributed by atoms with Gasteiger partial charge in [-0.15, -0.1) is 0 Å². The van der Waals surface area contributed by atoms with Crippen LogP contribution in [0.3, 0.4) is 0 Å². The lowest BCUT2D eigenvalue weighted by atomic mass is 9.92. The highest BCUT2D eigenvalue weighted by Gasteiger charge is 2.31. The molecule has 3 rings (SSSR count). The highest BCUT2D eigenvalue weighted by atomic mass is 16.5. The van der Waals surface area contributed by atoms with Crippen molar-refractivity contribution in [3.05, 3.63) is 29.3 Å². The molecule has 0 aromatic heterocycles. The van der Waals surface area contributed by atoms with E-state index in [0.29, 0.717) is 19.0 Å². The minimum Gasteiger partial charge on any atom is -0.484 e. The van der Waals surface area contributed by atoms with E-state index in [1.165, 1.54) is 5.56 Å². The quantitative estimate of drug-likeness (QED) is 0.816. The van der Waals surface area contributed by atoms with Crippen LogP contribution in [0.1, 0.15) is 43.7 Å². The Morgan fingerprint density at radius 1 is 0.963 bits per heavy atom. The van der Waals surface area contributed by atoms with Gasteiger partial charge in [0.05, 0.1) is 0 Å². The molecule has 5 heteroatoms. The predicted molar refractivity (Wildman–Crippen MR) is 106 cm³/mol. The fourth-order valence-electron chi connectivity index (χ4n) is 3.90. The first kappa shape index (κ1) is 19.7. The molecule has 0 unspecified atom stereocenters. The minimum absolute atomic E-state index is 0.00549. The molecular weight excluding hydrogens is 340 g/mol. The number of benzene rings is 1. The highest BCUT2D eigenvalue weighted by molar-refractivity contribution is 5.80. The van der Waals surface area contributed by atoms with Crippen molar-refractivity contribution in [2.45, 2.75) is 46.5 Å². The van der Waals surface area contributed by atoms with E-state index in [9.17, 15) is 9.59 Å². The summed E-state index contributed by atoms with van der Waals surface area (Å²) in [4.78, 5) is 29.0. The molecular formula is C22H32N2O3. The molecule has 148 valence electrons. The number of hydrogen-bond donors (Lipinski definition) is 0. The molecule has 2 aliphatic heterocycles. The van der Waals surface area contributed by atoms with Crippen molar-refractivity contribution in [1.82, 2.24) is 9.80 Å². The number of nitrogens with zero attached hydrogens (tertiary/aromatic N) is 2. The normalized spacial score (nSPS) is 19.2. The fraction of sp³-hybridized carbons (Fsp3) is 0.636. The average molecular weight is 373 g/mol. The van der Waals surface area contributed by atoms with Crippen LogP contribution in [0.2, 0.25) is 0 Å². The molecule has 0 atom stereocenters. The number of carbonyl (C=O) groups is 2. The van der Waals surface area contributed by atoms with E-state index in [1.54, 1.807) is 0 Å². The Balaban J connectivity index is 1.43. The summed E-state index contributed by atoms with van der Waals surface area (Å²) in [5.74, 6) is 1.83. The van der Waals surface area contributed by atoms with Gasteiger partial charge in [-0.3, -0.25) is 9.59 Å². The third kappa shape index (κ3) is 5.02. The topological polar surface area (TPSA) is 49.9 Å². The zero-order chi connectivity index (χ0) is 19.4. The SMILES string of the molecule is Cc1ccc(OCC(=O)N2CCC(C(=O)N3CCC(C)CC3)CC2)cc1C. The van der Waals surface area contributed by atoms with Gasteiger partial charge in [-0.1, -0.05) is 13.0 Å². The van der Waals surface area contributed by atoms with Gasteiger partial charge in [-0.05, 0) is 68.7 Å². The summed E-state index contributed by atoms with van der Waals surface area (Å²) >= 11 is 0. The third-order valence-corrected chi connectivity index (χ3v) is 6.13. The Morgan fingerprint density at radius 2 is 1.59 bits per heavy atom. The lowest BCUT2D eigenvalue weighted by Crippen LogP contribution is -2.47. The van der Waals surface area contributed by atoms with Crippen molar-refractivity contribution in [3.8, 4) is 5.75 Å². The number of rotatable bonds is 4. The van der Waals surface area contributed by atoms with E-state index < -0.39 is 0 Å². The summed E-state index contributed by atoms with van der Waals surface area (Å²) in [6, 6.07) is 5.88. The zero-order valence-electron chi connectivity index (χ0n) is 16.9. The first-order valence-corrected chi connectivity index (χ1v) is 10.2. The molecule has 2 heterocycles. The number of hydrogen-bond acceptors (Lipinski definition) is 3. The van der Waals surface area contributed by atoms with Gasteiger partial charge in [0.15, 0.2) is 6.61 Å². The molecule has 5 nitrogen and oxygen atoms in total. The first-order valence-electron chi connectivity index (χ1n) is 10.2. The Morgan fingerprint density at radius 3 is 2.22 bits per heavy atom.